The lowest BCUT2D eigenvalue weighted by molar-refractivity contribution is 0.00254. The highest BCUT2D eigenvalue weighted by molar-refractivity contribution is 5.98. The van der Waals surface area contributed by atoms with E-state index in [0.29, 0.717) is 18.4 Å². The standard InChI is InChI=1S/C20H25F2NO3/c1-20(2,3)26-19(25)23-15-8-9-16(23)11-14(10-15)17(24)12-4-6-13(7-5-12)18(21)22/h4-7,14-16,18H,8-11H2,1-3H3. The average molecular weight is 365 g/mol. The quantitative estimate of drug-likeness (QED) is 0.709. The molecular weight excluding hydrogens is 340 g/mol. The van der Waals surface area contributed by atoms with Gasteiger partial charge in [0.15, 0.2) is 5.78 Å². The number of hydrogen-bond acceptors (Lipinski definition) is 3. The molecule has 4 nitrogen and oxygen atoms in total. The zero-order valence-corrected chi connectivity index (χ0v) is 15.4. The predicted octanol–water partition coefficient (Wildman–Crippen LogP) is 4.99. The number of rotatable bonds is 3. The van der Waals surface area contributed by atoms with Crippen molar-refractivity contribution in [1.82, 2.24) is 4.90 Å². The first-order valence-electron chi connectivity index (χ1n) is 9.09. The predicted molar refractivity (Wildman–Crippen MR) is 93.3 cm³/mol. The first-order chi connectivity index (χ1) is 12.2. The monoisotopic (exact) mass is 365 g/mol. The van der Waals surface area contributed by atoms with E-state index < -0.39 is 12.0 Å². The molecule has 0 radical (unpaired) electrons. The third-order valence-electron chi connectivity index (χ3n) is 5.16. The van der Waals surface area contributed by atoms with Crippen LogP contribution in [0.4, 0.5) is 13.6 Å². The average Bonchev–Trinajstić information content (AvgIpc) is 2.83. The van der Waals surface area contributed by atoms with Crippen LogP contribution in [0.15, 0.2) is 24.3 Å². The van der Waals surface area contributed by atoms with Crippen LogP contribution in [0, 0.1) is 5.92 Å². The van der Waals surface area contributed by atoms with Gasteiger partial charge in [-0.05, 0) is 46.5 Å². The first kappa shape index (κ1) is 18.8. The number of halogens is 2. The minimum Gasteiger partial charge on any atom is -0.444 e. The number of amides is 1. The van der Waals surface area contributed by atoms with Gasteiger partial charge in [0.1, 0.15) is 5.60 Å². The Balaban J connectivity index is 1.68. The van der Waals surface area contributed by atoms with Gasteiger partial charge in [-0.25, -0.2) is 13.6 Å². The summed E-state index contributed by atoms with van der Waals surface area (Å²) in [5.74, 6) is -0.199. The number of piperidine rings is 1. The summed E-state index contributed by atoms with van der Waals surface area (Å²) >= 11 is 0. The molecule has 2 unspecified atom stereocenters. The third kappa shape index (κ3) is 3.89. The number of carbonyl (C=O) groups is 2. The minimum atomic E-state index is -2.54. The number of fused-ring (bicyclic) bond motifs is 2. The van der Waals surface area contributed by atoms with E-state index in [1.54, 1.807) is 4.90 Å². The molecule has 2 bridgehead atoms. The molecule has 2 saturated heterocycles. The summed E-state index contributed by atoms with van der Waals surface area (Å²) in [4.78, 5) is 27.1. The molecular formula is C20H25F2NO3. The second-order valence-corrected chi connectivity index (χ2v) is 8.23. The fourth-order valence-electron chi connectivity index (χ4n) is 4.03. The summed E-state index contributed by atoms with van der Waals surface area (Å²) < 4.78 is 30.8. The van der Waals surface area contributed by atoms with Gasteiger partial charge in [-0.1, -0.05) is 24.3 Å². The van der Waals surface area contributed by atoms with E-state index >= 15 is 0 Å². The van der Waals surface area contributed by atoms with Crippen LogP contribution in [0.1, 0.15) is 68.8 Å². The molecule has 1 aromatic carbocycles. The normalized spacial score (nSPS) is 25.5. The van der Waals surface area contributed by atoms with Gasteiger partial charge in [0, 0.05) is 29.1 Å². The van der Waals surface area contributed by atoms with Gasteiger partial charge in [-0.3, -0.25) is 4.79 Å². The van der Waals surface area contributed by atoms with Gasteiger partial charge < -0.3 is 9.64 Å². The van der Waals surface area contributed by atoms with Crippen molar-refractivity contribution in [2.24, 2.45) is 5.92 Å². The lowest BCUT2D eigenvalue weighted by atomic mass is 9.85. The van der Waals surface area contributed by atoms with Crippen LogP contribution < -0.4 is 0 Å². The van der Waals surface area contributed by atoms with Crippen molar-refractivity contribution in [3.8, 4) is 0 Å². The van der Waals surface area contributed by atoms with Crippen LogP contribution in [0.2, 0.25) is 0 Å². The Morgan fingerprint density at radius 2 is 1.62 bits per heavy atom. The largest absolute Gasteiger partial charge is 0.444 e. The number of benzene rings is 1. The van der Waals surface area contributed by atoms with Crippen molar-refractivity contribution in [2.45, 2.75) is 70.6 Å². The zero-order valence-electron chi connectivity index (χ0n) is 15.4. The van der Waals surface area contributed by atoms with Crippen molar-refractivity contribution in [2.75, 3.05) is 0 Å². The highest BCUT2D eigenvalue weighted by Crippen LogP contribution is 2.40. The molecule has 1 aromatic rings. The van der Waals surface area contributed by atoms with Crippen molar-refractivity contribution >= 4 is 11.9 Å². The lowest BCUT2D eigenvalue weighted by Crippen LogP contribution is -2.49. The van der Waals surface area contributed by atoms with E-state index in [9.17, 15) is 18.4 Å². The van der Waals surface area contributed by atoms with Gasteiger partial charge >= 0.3 is 6.09 Å². The van der Waals surface area contributed by atoms with E-state index in [4.69, 9.17) is 4.74 Å². The Hall–Kier alpha value is -1.98. The van der Waals surface area contributed by atoms with Gasteiger partial charge in [0.25, 0.3) is 6.43 Å². The molecule has 0 aromatic heterocycles. The highest BCUT2D eigenvalue weighted by Gasteiger charge is 2.46. The molecule has 3 rings (SSSR count). The maximum atomic E-state index is 12.8. The molecule has 142 valence electrons. The van der Waals surface area contributed by atoms with E-state index in [-0.39, 0.29) is 35.4 Å². The maximum Gasteiger partial charge on any atom is 0.410 e. The maximum absolute atomic E-state index is 12.8. The topological polar surface area (TPSA) is 46.6 Å². The molecule has 2 fully saturated rings. The Morgan fingerprint density at radius 3 is 2.08 bits per heavy atom. The highest BCUT2D eigenvalue weighted by atomic mass is 19.3. The van der Waals surface area contributed by atoms with Crippen molar-refractivity contribution < 1.29 is 23.1 Å². The van der Waals surface area contributed by atoms with Crippen molar-refractivity contribution in [3.05, 3.63) is 35.4 Å². The smallest absolute Gasteiger partial charge is 0.410 e. The van der Waals surface area contributed by atoms with E-state index in [2.05, 4.69) is 0 Å². The van der Waals surface area contributed by atoms with Gasteiger partial charge in [0.2, 0.25) is 0 Å². The number of nitrogens with zero attached hydrogens (tertiary/aromatic N) is 1. The molecule has 0 spiro atoms. The zero-order chi connectivity index (χ0) is 19.1. The number of hydrogen-bond donors (Lipinski definition) is 0. The Kier molecular flexibility index (Phi) is 5.04. The second-order valence-electron chi connectivity index (χ2n) is 8.23. The molecule has 1 amide bonds. The molecule has 26 heavy (non-hydrogen) atoms. The number of Topliss-reactive ketones (excluding diaryl/α,β-unsaturated/α-hetero) is 1. The summed E-state index contributed by atoms with van der Waals surface area (Å²) in [7, 11) is 0. The summed E-state index contributed by atoms with van der Waals surface area (Å²) in [6.45, 7) is 5.52. The molecule has 0 saturated carbocycles. The Bertz CT molecular complexity index is 667. The SMILES string of the molecule is CC(C)(C)OC(=O)N1C2CCC1CC(C(=O)c1ccc(C(F)F)cc1)C2. The number of carbonyl (C=O) groups excluding carboxylic acids is 2. The summed E-state index contributed by atoms with van der Waals surface area (Å²) in [5.41, 5.74) is -0.166. The van der Waals surface area contributed by atoms with Crippen LogP contribution in [-0.2, 0) is 4.74 Å². The fraction of sp³-hybridized carbons (Fsp3) is 0.600. The Labute approximate surface area is 152 Å². The fourth-order valence-corrected chi connectivity index (χ4v) is 4.03. The molecule has 0 N–H and O–H groups in total. The van der Waals surface area contributed by atoms with Crippen molar-refractivity contribution in [1.29, 1.82) is 0 Å². The lowest BCUT2D eigenvalue weighted by Gasteiger charge is -2.39. The molecule has 2 atom stereocenters. The Morgan fingerprint density at radius 1 is 1.08 bits per heavy atom. The van der Waals surface area contributed by atoms with Crippen molar-refractivity contribution in [3.63, 3.8) is 0 Å². The summed E-state index contributed by atoms with van der Waals surface area (Å²) in [6.07, 6.45) is 0.107. The molecule has 6 heteroatoms. The van der Waals surface area contributed by atoms with Crippen LogP contribution >= 0.6 is 0 Å². The van der Waals surface area contributed by atoms with Crippen LogP contribution in [0.25, 0.3) is 0 Å². The van der Waals surface area contributed by atoms with E-state index in [0.717, 1.165) is 12.8 Å². The molecule has 0 aliphatic carbocycles. The van der Waals surface area contributed by atoms with Gasteiger partial charge in [0.05, 0.1) is 0 Å². The van der Waals surface area contributed by atoms with Crippen LogP contribution in [0.3, 0.4) is 0 Å². The van der Waals surface area contributed by atoms with Gasteiger partial charge in [-0.15, -0.1) is 0 Å². The first-order valence-corrected chi connectivity index (χ1v) is 9.09. The number of ether oxygens (including phenoxy) is 1. The minimum absolute atomic E-state index is 0.0119. The van der Waals surface area contributed by atoms with Gasteiger partial charge in [-0.2, -0.15) is 0 Å². The van der Waals surface area contributed by atoms with E-state index in [1.165, 1.54) is 24.3 Å². The number of alkyl halides is 2. The van der Waals surface area contributed by atoms with Crippen LogP contribution in [-0.4, -0.2) is 34.5 Å². The summed E-state index contributed by atoms with van der Waals surface area (Å²) in [5, 5.41) is 0. The molecule has 2 heterocycles. The molecule has 2 aliphatic heterocycles. The third-order valence-corrected chi connectivity index (χ3v) is 5.16. The molecule has 2 aliphatic rings. The second kappa shape index (κ2) is 6.97. The number of ketones is 1. The van der Waals surface area contributed by atoms with Crippen LogP contribution in [0.5, 0.6) is 0 Å². The summed E-state index contributed by atoms with van der Waals surface area (Å²) in [6, 6.07) is 5.60. The van der Waals surface area contributed by atoms with E-state index in [1.807, 2.05) is 20.8 Å².